The van der Waals surface area contributed by atoms with Crippen molar-refractivity contribution >= 4 is 81.1 Å². The van der Waals surface area contributed by atoms with Gasteiger partial charge in [-0.05, 0) is 128 Å². The summed E-state index contributed by atoms with van der Waals surface area (Å²) in [7, 11) is 0. The van der Waals surface area contributed by atoms with Crippen molar-refractivity contribution in [2.45, 2.75) is 0 Å². The van der Waals surface area contributed by atoms with Gasteiger partial charge >= 0.3 is 0 Å². The lowest BCUT2D eigenvalue weighted by Crippen LogP contribution is -2.10. The third-order valence-corrected chi connectivity index (χ3v) is 14.6. The first-order valence-corrected chi connectivity index (χ1v) is 23.7. The number of hydrogen-bond donors (Lipinski definition) is 0. The Kier molecular flexibility index (Phi) is 9.40. The normalized spacial score (nSPS) is 11.6. The maximum absolute atomic E-state index is 2.42. The molecule has 3 heteroatoms. The van der Waals surface area contributed by atoms with Gasteiger partial charge in [-0.2, -0.15) is 0 Å². The predicted molar refractivity (Wildman–Crippen MR) is 288 cm³/mol. The number of rotatable bonds is 8. The van der Waals surface area contributed by atoms with Crippen molar-refractivity contribution < 1.29 is 0 Å². The van der Waals surface area contributed by atoms with Gasteiger partial charge in [-0.15, -0.1) is 11.3 Å². The lowest BCUT2D eigenvalue weighted by molar-refractivity contribution is 1.18. The smallest absolute Gasteiger partial charge is 0.0640 e. The fourth-order valence-electron chi connectivity index (χ4n) is 10.1. The number of fused-ring (bicyclic) bond motifs is 7. The second-order valence-corrected chi connectivity index (χ2v) is 18.4. The van der Waals surface area contributed by atoms with Crippen molar-refractivity contribution in [2.24, 2.45) is 0 Å². The minimum absolute atomic E-state index is 1.11. The van der Waals surface area contributed by atoms with Gasteiger partial charge < -0.3 is 9.47 Å². The van der Waals surface area contributed by atoms with E-state index >= 15 is 0 Å². The molecule has 0 unspecified atom stereocenters. The highest BCUT2D eigenvalue weighted by atomic mass is 32.1. The maximum atomic E-state index is 2.42. The summed E-state index contributed by atoms with van der Waals surface area (Å²) >= 11 is 1.86. The Labute approximate surface area is 393 Å². The largest absolute Gasteiger partial charge is 0.309 e. The fourth-order valence-corrected chi connectivity index (χ4v) is 11.3. The van der Waals surface area contributed by atoms with Crippen LogP contribution < -0.4 is 4.90 Å². The second kappa shape index (κ2) is 16.2. The molecule has 0 aliphatic carbocycles. The van der Waals surface area contributed by atoms with Crippen LogP contribution in [0.15, 0.2) is 255 Å². The molecule has 0 saturated carbocycles. The number of benzene rings is 11. The van der Waals surface area contributed by atoms with Crippen LogP contribution in [0.5, 0.6) is 0 Å². The number of aromatic nitrogens is 1. The predicted octanol–water partition coefficient (Wildman–Crippen LogP) is 18.4. The van der Waals surface area contributed by atoms with E-state index in [0.29, 0.717) is 0 Å². The minimum Gasteiger partial charge on any atom is -0.309 e. The molecule has 0 radical (unpaired) electrons. The van der Waals surface area contributed by atoms with E-state index in [4.69, 9.17) is 0 Å². The summed E-state index contributed by atoms with van der Waals surface area (Å²) in [6, 6.07) is 93.1. The van der Waals surface area contributed by atoms with Gasteiger partial charge in [0.2, 0.25) is 0 Å². The highest BCUT2D eigenvalue weighted by Gasteiger charge is 2.19. The van der Waals surface area contributed by atoms with E-state index in [1.807, 2.05) is 11.3 Å². The fraction of sp³-hybridized carbons (Fsp3) is 0. The molecule has 0 aliphatic heterocycles. The third kappa shape index (κ3) is 6.88. The van der Waals surface area contributed by atoms with E-state index in [-0.39, 0.29) is 0 Å². The monoisotopic (exact) mass is 870 g/mol. The van der Waals surface area contributed by atoms with Gasteiger partial charge in [-0.3, -0.25) is 0 Å². The average Bonchev–Trinajstić information content (AvgIpc) is 3.96. The lowest BCUT2D eigenvalue weighted by Gasteiger charge is -2.26. The van der Waals surface area contributed by atoms with Crippen molar-refractivity contribution in [3.63, 3.8) is 0 Å². The molecule has 67 heavy (non-hydrogen) atoms. The van der Waals surface area contributed by atoms with Gasteiger partial charge in [0, 0.05) is 43.3 Å². The molecule has 13 aromatic rings. The molecule has 0 fully saturated rings. The molecule has 0 amide bonds. The molecule has 0 atom stereocenters. The van der Waals surface area contributed by atoms with Crippen LogP contribution in [0.2, 0.25) is 0 Å². The van der Waals surface area contributed by atoms with E-state index < -0.39 is 0 Å². The molecular weight excluding hydrogens is 829 g/mol. The summed E-state index contributed by atoms with van der Waals surface area (Å²) in [6.45, 7) is 0. The zero-order valence-corrected chi connectivity index (χ0v) is 37.4. The third-order valence-electron chi connectivity index (χ3n) is 13.4. The van der Waals surface area contributed by atoms with Crippen LogP contribution in [0, 0.1) is 0 Å². The van der Waals surface area contributed by atoms with Crippen LogP contribution in [0.1, 0.15) is 0 Å². The molecule has 0 bridgehead atoms. The van der Waals surface area contributed by atoms with Crippen LogP contribution in [-0.4, -0.2) is 4.57 Å². The van der Waals surface area contributed by atoms with Crippen molar-refractivity contribution in [3.05, 3.63) is 255 Å². The summed E-state index contributed by atoms with van der Waals surface area (Å²) < 4.78 is 4.95. The Morgan fingerprint density at radius 3 is 1.43 bits per heavy atom. The SMILES string of the molecule is c1cc(-c2ccc(N(c3ccc(-c4ccc(-c5cccc(-n6c7ccccc7c7ccccc76)c5)cc4)cc3)c3cccc4c3sc3ccccc34)cc2)cc(-c2ccc3ccccc3c2)c1. The van der Waals surface area contributed by atoms with Crippen molar-refractivity contribution in [3.8, 4) is 50.2 Å². The van der Waals surface area contributed by atoms with Gasteiger partial charge in [-0.1, -0.05) is 182 Å². The Hall–Kier alpha value is -8.50. The standard InChI is InChI=1S/C64H42N2S/c1-2-13-48-41-52(31-30-43(48)12-1)50-15-9-14-49(40-50)47-34-38-54(39-35-47)65(62-24-11-21-59-58-20-5-8-25-63(58)67-64(59)62)53-36-32-45(33-37-53)44-26-28-46(29-27-44)51-16-10-17-55(42-51)66-60-22-6-3-18-56(60)57-19-4-7-23-61(57)66/h1-42H. The van der Waals surface area contributed by atoms with Gasteiger partial charge in [0.05, 0.1) is 21.4 Å². The summed E-state index contributed by atoms with van der Waals surface area (Å²) in [5, 5.41) is 7.63. The van der Waals surface area contributed by atoms with Crippen molar-refractivity contribution in [1.29, 1.82) is 0 Å². The Morgan fingerprint density at radius 1 is 0.299 bits per heavy atom. The van der Waals surface area contributed by atoms with Gasteiger partial charge in [-0.25, -0.2) is 0 Å². The maximum Gasteiger partial charge on any atom is 0.0640 e. The van der Waals surface area contributed by atoms with Crippen LogP contribution in [0.25, 0.3) is 103 Å². The minimum atomic E-state index is 1.11. The zero-order chi connectivity index (χ0) is 44.3. The van der Waals surface area contributed by atoms with Crippen LogP contribution in [-0.2, 0) is 0 Å². The topological polar surface area (TPSA) is 8.17 Å². The molecule has 314 valence electrons. The number of anilines is 3. The van der Waals surface area contributed by atoms with E-state index in [1.54, 1.807) is 0 Å². The van der Waals surface area contributed by atoms with Gasteiger partial charge in [0.15, 0.2) is 0 Å². The highest BCUT2D eigenvalue weighted by molar-refractivity contribution is 7.26. The van der Waals surface area contributed by atoms with E-state index in [1.165, 1.54) is 103 Å². The number of para-hydroxylation sites is 2. The molecule has 2 aromatic heterocycles. The van der Waals surface area contributed by atoms with Crippen molar-refractivity contribution in [2.75, 3.05) is 4.90 Å². The first-order chi connectivity index (χ1) is 33.2. The Balaban J connectivity index is 0.833. The van der Waals surface area contributed by atoms with Gasteiger partial charge in [0.25, 0.3) is 0 Å². The summed E-state index contributed by atoms with van der Waals surface area (Å²) in [6.07, 6.45) is 0. The first-order valence-electron chi connectivity index (χ1n) is 22.9. The Morgan fingerprint density at radius 2 is 0.761 bits per heavy atom. The van der Waals surface area contributed by atoms with Crippen LogP contribution in [0.3, 0.4) is 0 Å². The van der Waals surface area contributed by atoms with E-state index in [9.17, 15) is 0 Å². The van der Waals surface area contributed by atoms with Crippen LogP contribution >= 0.6 is 11.3 Å². The molecule has 0 saturated heterocycles. The zero-order valence-electron chi connectivity index (χ0n) is 36.6. The molecule has 0 aliphatic rings. The summed E-state index contributed by atoms with van der Waals surface area (Å²) in [4.78, 5) is 2.42. The molecule has 0 spiro atoms. The number of nitrogens with zero attached hydrogens (tertiary/aromatic N) is 2. The first kappa shape index (κ1) is 38.9. The molecule has 2 nitrogen and oxygen atoms in total. The van der Waals surface area contributed by atoms with Crippen molar-refractivity contribution in [1.82, 2.24) is 4.57 Å². The number of thiophene rings is 1. The highest BCUT2D eigenvalue weighted by Crippen LogP contribution is 2.45. The molecule has 11 aromatic carbocycles. The summed E-state index contributed by atoms with van der Waals surface area (Å²) in [5.74, 6) is 0. The lowest BCUT2D eigenvalue weighted by atomic mass is 9.97. The molecular formula is C64H42N2S. The quantitative estimate of drug-likeness (QED) is 0.148. The number of hydrogen-bond acceptors (Lipinski definition) is 2. The molecule has 0 N–H and O–H groups in total. The second-order valence-electron chi connectivity index (χ2n) is 17.3. The van der Waals surface area contributed by atoms with E-state index in [0.717, 1.165) is 17.1 Å². The summed E-state index contributed by atoms with van der Waals surface area (Å²) in [5.41, 5.74) is 16.5. The van der Waals surface area contributed by atoms with Gasteiger partial charge in [0.1, 0.15) is 0 Å². The Bertz CT molecular complexity index is 3920. The van der Waals surface area contributed by atoms with E-state index in [2.05, 4.69) is 264 Å². The molecule has 13 rings (SSSR count). The van der Waals surface area contributed by atoms with Crippen LogP contribution in [0.4, 0.5) is 17.1 Å². The molecule has 2 heterocycles. The average molecular weight is 871 g/mol.